The highest BCUT2D eigenvalue weighted by atomic mass is 16.5. The van der Waals surface area contributed by atoms with Gasteiger partial charge in [0.15, 0.2) is 0 Å². The van der Waals surface area contributed by atoms with E-state index in [-0.39, 0.29) is 18.1 Å². The fourth-order valence-electron chi connectivity index (χ4n) is 3.26. The molecule has 0 spiro atoms. The lowest BCUT2D eigenvalue weighted by atomic mass is 9.79. The van der Waals surface area contributed by atoms with E-state index in [1.807, 2.05) is 4.90 Å². The minimum Gasteiger partial charge on any atom is -0.364 e. The average Bonchev–Trinajstić information content (AvgIpc) is 2.90. The Bertz CT molecular complexity index is 290. The van der Waals surface area contributed by atoms with Crippen molar-refractivity contribution in [3.05, 3.63) is 0 Å². The van der Waals surface area contributed by atoms with Crippen molar-refractivity contribution in [1.29, 1.82) is 0 Å². The molecule has 0 aromatic rings. The third-order valence-electron chi connectivity index (χ3n) is 4.38. The molecule has 0 bridgehead atoms. The first kappa shape index (κ1) is 13.8. The number of nitrogens with two attached hydrogens (primary N) is 1. The Morgan fingerprint density at radius 1 is 1.39 bits per heavy atom. The van der Waals surface area contributed by atoms with E-state index < -0.39 is 0 Å². The Morgan fingerprint density at radius 3 is 2.72 bits per heavy atom. The molecule has 2 unspecified atom stereocenters. The normalized spacial score (nSPS) is 32.8. The maximum atomic E-state index is 12.0. The van der Waals surface area contributed by atoms with Gasteiger partial charge in [-0.1, -0.05) is 19.8 Å². The highest BCUT2D eigenvalue weighted by molar-refractivity contribution is 5.77. The van der Waals surface area contributed by atoms with Crippen LogP contribution in [0, 0.1) is 5.92 Å². The van der Waals surface area contributed by atoms with Gasteiger partial charge in [-0.2, -0.15) is 0 Å². The molecule has 1 aliphatic carbocycles. The van der Waals surface area contributed by atoms with E-state index in [2.05, 4.69) is 6.92 Å². The Balaban J connectivity index is 1.84. The predicted molar refractivity (Wildman–Crippen MR) is 71.2 cm³/mol. The van der Waals surface area contributed by atoms with Crippen LogP contribution in [0.25, 0.3) is 0 Å². The summed E-state index contributed by atoms with van der Waals surface area (Å²) in [6.45, 7) is 4.78. The van der Waals surface area contributed by atoms with E-state index in [1.54, 1.807) is 0 Å². The van der Waals surface area contributed by atoms with Crippen molar-refractivity contribution in [2.45, 2.75) is 51.0 Å². The van der Waals surface area contributed by atoms with Gasteiger partial charge in [-0.15, -0.1) is 0 Å². The lowest BCUT2D eigenvalue weighted by Crippen LogP contribution is -2.46. The Kier molecular flexibility index (Phi) is 4.62. The second kappa shape index (κ2) is 6.02. The number of amides is 1. The molecule has 2 rings (SSSR count). The summed E-state index contributed by atoms with van der Waals surface area (Å²) in [5.74, 6) is 0.794. The van der Waals surface area contributed by atoms with Gasteiger partial charge in [-0.05, 0) is 31.6 Å². The summed E-state index contributed by atoms with van der Waals surface area (Å²) in [6.07, 6.45) is 6.68. The third kappa shape index (κ3) is 3.23. The average molecular weight is 254 g/mol. The zero-order valence-corrected chi connectivity index (χ0v) is 11.5. The van der Waals surface area contributed by atoms with E-state index in [4.69, 9.17) is 10.5 Å². The number of carbonyl (C=O) groups excluding carboxylic acids is 1. The fourth-order valence-corrected chi connectivity index (χ4v) is 3.26. The first-order valence-corrected chi connectivity index (χ1v) is 7.27. The molecule has 1 saturated heterocycles. The molecule has 4 nitrogen and oxygen atoms in total. The van der Waals surface area contributed by atoms with Crippen LogP contribution in [0.15, 0.2) is 0 Å². The minimum absolute atomic E-state index is 0.138. The summed E-state index contributed by atoms with van der Waals surface area (Å²) in [5, 5.41) is 0. The van der Waals surface area contributed by atoms with Crippen LogP contribution in [0.1, 0.15) is 45.4 Å². The molecule has 2 N–H and O–H groups in total. The standard InChI is InChI=1S/C14H26N2O2/c1-12-5-4-6-14(9-12,11-15)18-10-13(17)16-7-2-3-8-16/h12H,2-11,15H2,1H3. The van der Waals surface area contributed by atoms with E-state index in [1.165, 1.54) is 6.42 Å². The van der Waals surface area contributed by atoms with Gasteiger partial charge < -0.3 is 15.4 Å². The molecule has 4 heteroatoms. The van der Waals surface area contributed by atoms with E-state index in [0.29, 0.717) is 12.5 Å². The number of carbonyl (C=O) groups is 1. The summed E-state index contributed by atoms with van der Waals surface area (Å²) in [4.78, 5) is 13.9. The molecule has 1 saturated carbocycles. The smallest absolute Gasteiger partial charge is 0.248 e. The summed E-state index contributed by atoms with van der Waals surface area (Å²) in [5.41, 5.74) is 5.65. The largest absolute Gasteiger partial charge is 0.364 e. The molecule has 1 aliphatic heterocycles. The second-order valence-electron chi connectivity index (χ2n) is 5.97. The Morgan fingerprint density at radius 2 is 2.11 bits per heavy atom. The quantitative estimate of drug-likeness (QED) is 0.828. The first-order valence-electron chi connectivity index (χ1n) is 7.27. The molecule has 1 amide bonds. The van der Waals surface area contributed by atoms with Crippen LogP contribution in [0.2, 0.25) is 0 Å². The molecular weight excluding hydrogens is 228 g/mol. The molecule has 0 radical (unpaired) electrons. The molecule has 104 valence electrons. The van der Waals surface area contributed by atoms with E-state index >= 15 is 0 Å². The van der Waals surface area contributed by atoms with Gasteiger partial charge in [0.1, 0.15) is 6.61 Å². The van der Waals surface area contributed by atoms with E-state index in [0.717, 1.165) is 45.2 Å². The highest BCUT2D eigenvalue weighted by Crippen LogP contribution is 2.34. The van der Waals surface area contributed by atoms with E-state index in [9.17, 15) is 4.79 Å². The van der Waals surface area contributed by atoms with Crippen molar-refractivity contribution < 1.29 is 9.53 Å². The van der Waals surface area contributed by atoms with Gasteiger partial charge >= 0.3 is 0 Å². The van der Waals surface area contributed by atoms with Crippen molar-refractivity contribution in [3.8, 4) is 0 Å². The highest BCUT2D eigenvalue weighted by Gasteiger charge is 2.35. The maximum Gasteiger partial charge on any atom is 0.248 e. The van der Waals surface area contributed by atoms with Crippen LogP contribution in [0.5, 0.6) is 0 Å². The number of hydrogen-bond acceptors (Lipinski definition) is 3. The van der Waals surface area contributed by atoms with Crippen LogP contribution in [0.4, 0.5) is 0 Å². The van der Waals surface area contributed by atoms with Gasteiger partial charge in [0.25, 0.3) is 0 Å². The van der Waals surface area contributed by atoms with Crippen molar-refractivity contribution in [2.24, 2.45) is 11.7 Å². The minimum atomic E-state index is -0.243. The molecule has 0 aromatic carbocycles. The third-order valence-corrected chi connectivity index (χ3v) is 4.38. The van der Waals surface area contributed by atoms with Crippen LogP contribution in [-0.4, -0.2) is 42.6 Å². The van der Waals surface area contributed by atoms with Crippen molar-refractivity contribution in [2.75, 3.05) is 26.2 Å². The lowest BCUT2D eigenvalue weighted by molar-refractivity contribution is -0.145. The van der Waals surface area contributed by atoms with Crippen molar-refractivity contribution in [1.82, 2.24) is 4.90 Å². The van der Waals surface area contributed by atoms with Gasteiger partial charge in [0.05, 0.1) is 5.60 Å². The topological polar surface area (TPSA) is 55.6 Å². The number of likely N-dealkylation sites (tertiary alicyclic amines) is 1. The fraction of sp³-hybridized carbons (Fsp3) is 0.929. The Labute approximate surface area is 110 Å². The maximum absolute atomic E-state index is 12.0. The number of nitrogens with zero attached hydrogens (tertiary/aromatic N) is 1. The zero-order chi connectivity index (χ0) is 13.0. The molecule has 0 aromatic heterocycles. The summed E-state index contributed by atoms with van der Waals surface area (Å²) >= 11 is 0. The Hall–Kier alpha value is -0.610. The molecule has 2 fully saturated rings. The van der Waals surface area contributed by atoms with Gasteiger partial charge in [0.2, 0.25) is 5.91 Å². The number of ether oxygens (including phenoxy) is 1. The monoisotopic (exact) mass is 254 g/mol. The van der Waals surface area contributed by atoms with Gasteiger partial charge in [0, 0.05) is 19.6 Å². The molecule has 2 aliphatic rings. The SMILES string of the molecule is CC1CCCC(CN)(OCC(=O)N2CCCC2)C1. The van der Waals surface area contributed by atoms with Crippen molar-refractivity contribution in [3.63, 3.8) is 0 Å². The number of rotatable bonds is 4. The van der Waals surface area contributed by atoms with Crippen LogP contribution in [0.3, 0.4) is 0 Å². The first-order chi connectivity index (χ1) is 8.65. The lowest BCUT2D eigenvalue weighted by Gasteiger charge is -2.39. The van der Waals surface area contributed by atoms with Gasteiger partial charge in [-0.25, -0.2) is 0 Å². The molecular formula is C14H26N2O2. The second-order valence-corrected chi connectivity index (χ2v) is 5.97. The summed E-state index contributed by atoms with van der Waals surface area (Å²) < 4.78 is 5.95. The predicted octanol–water partition coefficient (Wildman–Crippen LogP) is 1.53. The summed E-state index contributed by atoms with van der Waals surface area (Å²) in [7, 11) is 0. The molecule has 18 heavy (non-hydrogen) atoms. The summed E-state index contributed by atoms with van der Waals surface area (Å²) in [6, 6.07) is 0. The molecule has 1 heterocycles. The van der Waals surface area contributed by atoms with Gasteiger partial charge in [-0.3, -0.25) is 4.79 Å². The molecule has 2 atom stereocenters. The van der Waals surface area contributed by atoms with Crippen LogP contribution < -0.4 is 5.73 Å². The van der Waals surface area contributed by atoms with Crippen LogP contribution >= 0.6 is 0 Å². The zero-order valence-electron chi connectivity index (χ0n) is 11.5. The van der Waals surface area contributed by atoms with Crippen molar-refractivity contribution >= 4 is 5.91 Å². The number of hydrogen-bond donors (Lipinski definition) is 1. The van der Waals surface area contributed by atoms with Crippen LogP contribution in [-0.2, 0) is 9.53 Å².